The van der Waals surface area contributed by atoms with Crippen molar-refractivity contribution >= 4 is 28.4 Å². The first-order chi connectivity index (χ1) is 6.79. The maximum Gasteiger partial charge on any atom is 0.145 e. The quantitative estimate of drug-likeness (QED) is 0.742. The third-order valence-electron chi connectivity index (χ3n) is 1.69. The lowest BCUT2D eigenvalue weighted by Gasteiger charge is -2.22. The maximum absolute atomic E-state index is 8.85. The first kappa shape index (κ1) is 11.6. The minimum Gasteiger partial charge on any atom is -0.395 e. The van der Waals surface area contributed by atoms with Gasteiger partial charge in [0.2, 0.25) is 0 Å². The second-order valence-electron chi connectivity index (χ2n) is 2.63. The molecule has 2 N–H and O–H groups in total. The Balaban J connectivity index is 2.81. The van der Waals surface area contributed by atoms with Crippen molar-refractivity contribution in [3.8, 4) is 0 Å². The molecule has 0 aliphatic heterocycles. The van der Waals surface area contributed by atoms with Crippen LogP contribution in [0.4, 0.5) is 5.82 Å². The Morgan fingerprint density at radius 2 is 1.93 bits per heavy atom. The number of aromatic nitrogens is 2. The van der Waals surface area contributed by atoms with Gasteiger partial charge in [-0.25, -0.2) is 9.97 Å². The van der Waals surface area contributed by atoms with Crippen LogP contribution in [0.1, 0.15) is 0 Å². The zero-order valence-corrected chi connectivity index (χ0v) is 9.75. The molecule has 0 bridgehead atoms. The van der Waals surface area contributed by atoms with E-state index in [1.165, 1.54) is 6.33 Å². The van der Waals surface area contributed by atoms with E-state index in [-0.39, 0.29) is 13.2 Å². The van der Waals surface area contributed by atoms with Gasteiger partial charge in [-0.1, -0.05) is 0 Å². The van der Waals surface area contributed by atoms with E-state index < -0.39 is 0 Å². The van der Waals surface area contributed by atoms with Crippen LogP contribution in [0, 0.1) is 3.57 Å². The Hall–Kier alpha value is -0.470. The minimum atomic E-state index is 0.0417. The summed E-state index contributed by atoms with van der Waals surface area (Å²) in [5, 5.41) is 17.7. The molecule has 0 radical (unpaired) electrons. The van der Waals surface area contributed by atoms with Gasteiger partial charge >= 0.3 is 0 Å². The van der Waals surface area contributed by atoms with Crippen molar-refractivity contribution < 1.29 is 10.2 Å². The average molecular weight is 309 g/mol. The van der Waals surface area contributed by atoms with Crippen LogP contribution in [-0.4, -0.2) is 46.5 Å². The van der Waals surface area contributed by atoms with Crippen molar-refractivity contribution in [1.29, 1.82) is 0 Å². The van der Waals surface area contributed by atoms with Gasteiger partial charge in [-0.3, -0.25) is 0 Å². The molecule has 1 aromatic rings. The highest BCUT2D eigenvalue weighted by molar-refractivity contribution is 14.1. The summed E-state index contributed by atoms with van der Waals surface area (Å²) in [6, 6.07) is 0. The van der Waals surface area contributed by atoms with E-state index in [2.05, 4.69) is 32.6 Å². The van der Waals surface area contributed by atoms with Gasteiger partial charge < -0.3 is 15.1 Å². The zero-order chi connectivity index (χ0) is 10.4. The van der Waals surface area contributed by atoms with Crippen LogP contribution in [0.5, 0.6) is 0 Å². The largest absolute Gasteiger partial charge is 0.395 e. The van der Waals surface area contributed by atoms with Crippen LogP contribution in [-0.2, 0) is 0 Å². The lowest BCUT2D eigenvalue weighted by atomic mass is 10.4. The fraction of sp³-hybridized carbons (Fsp3) is 0.500. The van der Waals surface area contributed by atoms with E-state index in [1.807, 2.05) is 4.90 Å². The van der Waals surface area contributed by atoms with Crippen molar-refractivity contribution in [3.63, 3.8) is 0 Å². The predicted octanol–water partition coefficient (Wildman–Crippen LogP) is -0.128. The molecule has 1 heterocycles. The number of rotatable bonds is 5. The second-order valence-corrected chi connectivity index (χ2v) is 3.79. The second kappa shape index (κ2) is 6.10. The molecule has 0 spiro atoms. The first-order valence-electron chi connectivity index (χ1n) is 4.21. The molecule has 0 aliphatic rings. The summed E-state index contributed by atoms with van der Waals surface area (Å²) in [5.74, 6) is 0.753. The zero-order valence-electron chi connectivity index (χ0n) is 7.60. The van der Waals surface area contributed by atoms with Gasteiger partial charge in [0.25, 0.3) is 0 Å². The fourth-order valence-electron chi connectivity index (χ4n) is 1.10. The van der Waals surface area contributed by atoms with E-state index in [9.17, 15) is 0 Å². The summed E-state index contributed by atoms with van der Waals surface area (Å²) in [7, 11) is 0. The predicted molar refractivity (Wildman–Crippen MR) is 61.1 cm³/mol. The molecule has 0 unspecified atom stereocenters. The third-order valence-corrected chi connectivity index (χ3v) is 2.45. The average Bonchev–Trinajstić information content (AvgIpc) is 2.18. The molecule has 0 saturated heterocycles. The maximum atomic E-state index is 8.85. The minimum absolute atomic E-state index is 0.0417. The molecule has 0 amide bonds. The number of anilines is 1. The van der Waals surface area contributed by atoms with Crippen LogP contribution >= 0.6 is 22.6 Å². The molecule has 14 heavy (non-hydrogen) atoms. The highest BCUT2D eigenvalue weighted by Crippen LogP contribution is 2.17. The lowest BCUT2D eigenvalue weighted by molar-refractivity contribution is 0.280. The van der Waals surface area contributed by atoms with Crippen molar-refractivity contribution in [3.05, 3.63) is 16.1 Å². The van der Waals surface area contributed by atoms with Gasteiger partial charge in [0.05, 0.1) is 16.8 Å². The van der Waals surface area contributed by atoms with Crippen LogP contribution in [0.25, 0.3) is 0 Å². The molecule has 0 fully saturated rings. The third kappa shape index (κ3) is 3.03. The van der Waals surface area contributed by atoms with Crippen molar-refractivity contribution in [2.45, 2.75) is 0 Å². The topological polar surface area (TPSA) is 69.5 Å². The molecular formula is C8H12IN3O2. The summed E-state index contributed by atoms with van der Waals surface area (Å²) in [5.41, 5.74) is 0. The molecule has 0 aliphatic carbocycles. The summed E-state index contributed by atoms with van der Waals surface area (Å²) in [4.78, 5) is 9.80. The Morgan fingerprint density at radius 3 is 2.43 bits per heavy atom. The summed E-state index contributed by atoms with van der Waals surface area (Å²) in [6.07, 6.45) is 3.16. The molecule has 0 aromatic carbocycles. The highest BCUT2D eigenvalue weighted by Gasteiger charge is 2.09. The lowest BCUT2D eigenvalue weighted by Crippen LogP contribution is -2.31. The smallest absolute Gasteiger partial charge is 0.145 e. The Kier molecular flexibility index (Phi) is 5.05. The van der Waals surface area contributed by atoms with Gasteiger partial charge in [0, 0.05) is 19.3 Å². The summed E-state index contributed by atoms with van der Waals surface area (Å²) >= 11 is 2.13. The van der Waals surface area contributed by atoms with Crippen LogP contribution in [0.15, 0.2) is 12.5 Å². The van der Waals surface area contributed by atoms with Gasteiger partial charge in [0.1, 0.15) is 12.1 Å². The number of aliphatic hydroxyl groups excluding tert-OH is 2. The SMILES string of the molecule is OCCN(CCO)c1ncncc1I. The molecule has 5 nitrogen and oxygen atoms in total. The number of aliphatic hydroxyl groups is 2. The molecule has 0 saturated carbocycles. The Morgan fingerprint density at radius 1 is 1.29 bits per heavy atom. The fourth-order valence-corrected chi connectivity index (χ4v) is 1.75. The number of nitrogens with zero attached hydrogens (tertiary/aromatic N) is 3. The van der Waals surface area contributed by atoms with E-state index in [4.69, 9.17) is 10.2 Å². The molecule has 0 atom stereocenters. The highest BCUT2D eigenvalue weighted by atomic mass is 127. The van der Waals surface area contributed by atoms with Crippen molar-refractivity contribution in [2.24, 2.45) is 0 Å². The van der Waals surface area contributed by atoms with Gasteiger partial charge in [-0.2, -0.15) is 0 Å². The number of hydrogen-bond acceptors (Lipinski definition) is 5. The summed E-state index contributed by atoms with van der Waals surface area (Å²) < 4.78 is 0.909. The molecule has 78 valence electrons. The van der Waals surface area contributed by atoms with E-state index in [1.54, 1.807) is 6.20 Å². The summed E-state index contributed by atoms with van der Waals surface area (Å²) in [6.45, 7) is 1.02. The standard InChI is InChI=1S/C8H12IN3O2/c9-7-5-10-6-11-8(7)12(1-3-13)2-4-14/h5-6,13-14H,1-4H2. The Labute approximate surface area is 95.9 Å². The van der Waals surface area contributed by atoms with E-state index in [0.29, 0.717) is 13.1 Å². The van der Waals surface area contributed by atoms with Crippen molar-refractivity contribution in [2.75, 3.05) is 31.2 Å². The number of hydrogen-bond donors (Lipinski definition) is 2. The molecular weight excluding hydrogens is 297 g/mol. The Bertz CT molecular complexity index is 279. The molecule has 6 heteroatoms. The van der Waals surface area contributed by atoms with Gasteiger partial charge in [-0.15, -0.1) is 0 Å². The van der Waals surface area contributed by atoms with E-state index >= 15 is 0 Å². The van der Waals surface area contributed by atoms with Crippen LogP contribution in [0.3, 0.4) is 0 Å². The number of halogens is 1. The molecule has 1 aromatic heterocycles. The van der Waals surface area contributed by atoms with Crippen molar-refractivity contribution in [1.82, 2.24) is 9.97 Å². The van der Waals surface area contributed by atoms with Crippen LogP contribution < -0.4 is 4.90 Å². The van der Waals surface area contributed by atoms with Gasteiger partial charge in [0.15, 0.2) is 0 Å². The molecule has 1 rings (SSSR count). The van der Waals surface area contributed by atoms with Gasteiger partial charge in [-0.05, 0) is 22.6 Å². The van der Waals surface area contributed by atoms with Crippen LogP contribution in [0.2, 0.25) is 0 Å². The first-order valence-corrected chi connectivity index (χ1v) is 5.29. The van der Waals surface area contributed by atoms with E-state index in [0.717, 1.165) is 9.39 Å². The monoisotopic (exact) mass is 309 g/mol. The normalized spacial score (nSPS) is 10.2.